The first-order valence-electron chi connectivity index (χ1n) is 5.07. The summed E-state index contributed by atoms with van der Waals surface area (Å²) >= 11 is 4.96. The van der Waals surface area contributed by atoms with E-state index in [1.807, 2.05) is 0 Å². The summed E-state index contributed by atoms with van der Waals surface area (Å²) in [6, 6.07) is 0. The average molecular weight is 621 g/mol. The Kier molecular flexibility index (Phi) is 45.4. The fraction of sp³-hybridized carbons (Fsp3) is 1.00. The number of hydrogen-bond acceptors (Lipinski definition) is 2. The average Bonchev–Trinajstić information content (AvgIpc) is 2.22. The Morgan fingerprint density at radius 1 is 0.929 bits per heavy atom. The van der Waals surface area contributed by atoms with Crippen LogP contribution in [0.5, 0.6) is 0 Å². The summed E-state index contributed by atoms with van der Waals surface area (Å²) in [5, 5.41) is 0. The van der Waals surface area contributed by atoms with Gasteiger partial charge in [-0.25, -0.2) is 0 Å². The second kappa shape index (κ2) is 29.5. The van der Waals surface area contributed by atoms with Crippen molar-refractivity contribution in [2.75, 3.05) is 13.6 Å². The van der Waals surface area contributed by atoms with Gasteiger partial charge in [-0.1, -0.05) is 39.0 Å². The Balaban J connectivity index is -0.000000205. The van der Waals surface area contributed by atoms with Crippen LogP contribution in [0.3, 0.4) is 0 Å². The Labute approximate surface area is 120 Å². The van der Waals surface area contributed by atoms with E-state index in [4.69, 9.17) is 5.73 Å². The third kappa shape index (κ3) is 36.7. The number of hydrogen-bond donors (Lipinski definition) is 2. The molecular weight excluding hydrogens is 597 g/mol. The molecule has 4 N–H and O–H groups in total. The van der Waals surface area contributed by atoms with Gasteiger partial charge in [0.25, 0.3) is 0 Å². The zero-order valence-electron chi connectivity index (χ0n) is 9.36. The maximum absolute atomic E-state index is 5.34. The zero-order chi connectivity index (χ0) is 11.7. The van der Waals surface area contributed by atoms with Crippen molar-refractivity contribution >= 4 is 51.2 Å². The minimum absolute atomic E-state index is 0.0233. The number of unbranched alkanes of at least 4 members (excludes halogenated alkanes) is 5. The van der Waals surface area contributed by atoms with Crippen molar-refractivity contribution < 1.29 is 0 Å². The predicted octanol–water partition coefficient (Wildman–Crippen LogP) is 3.27. The van der Waals surface area contributed by atoms with Crippen molar-refractivity contribution in [1.29, 1.82) is 0 Å². The van der Waals surface area contributed by atoms with Gasteiger partial charge in [0.15, 0.2) is 0 Å². The summed E-state index contributed by atoms with van der Waals surface area (Å²) in [6.45, 7) is 3.11. The van der Waals surface area contributed by atoms with Crippen molar-refractivity contribution in [2.24, 2.45) is 11.5 Å². The molecule has 2 radical (unpaired) electrons. The van der Waals surface area contributed by atoms with Crippen LogP contribution in [0.4, 0.5) is 0 Å². The molecule has 0 spiro atoms. The molecule has 0 aromatic heterocycles. The maximum atomic E-state index is 5.34. The van der Waals surface area contributed by atoms with E-state index in [1.165, 1.54) is 45.6 Å². The number of halogens is 2. The SMILES string of the molecule is CCCCCCCCN.CN.[I][Pb][I]. The molecule has 0 aliphatic rings. The molecule has 0 aromatic rings. The second-order valence-corrected chi connectivity index (χ2v) is 30.8. The van der Waals surface area contributed by atoms with Crippen LogP contribution in [-0.4, -0.2) is 29.2 Å². The molecule has 0 saturated heterocycles. The molecule has 0 aliphatic carbocycles. The topological polar surface area (TPSA) is 52.0 Å². The van der Waals surface area contributed by atoms with Gasteiger partial charge < -0.3 is 11.5 Å². The molecule has 0 amide bonds. The molecule has 0 bridgehead atoms. The van der Waals surface area contributed by atoms with Crippen LogP contribution in [0.2, 0.25) is 0 Å². The van der Waals surface area contributed by atoms with E-state index in [1.54, 1.807) is 0 Å². The Morgan fingerprint density at radius 2 is 1.29 bits per heavy atom. The fourth-order valence-electron chi connectivity index (χ4n) is 0.925. The fourth-order valence-corrected chi connectivity index (χ4v) is 0.925. The van der Waals surface area contributed by atoms with Gasteiger partial charge in [-0.3, -0.25) is 0 Å². The van der Waals surface area contributed by atoms with Crippen LogP contribution in [0, 0.1) is 0 Å². The number of nitrogens with two attached hydrogens (primary N) is 2. The van der Waals surface area contributed by atoms with Crippen LogP contribution in [-0.2, 0) is 0 Å². The summed E-state index contributed by atoms with van der Waals surface area (Å²) in [6.07, 6.45) is 8.05. The molecule has 0 atom stereocenters. The molecule has 0 aromatic carbocycles. The van der Waals surface area contributed by atoms with Gasteiger partial charge in [0.05, 0.1) is 0 Å². The molecule has 2 nitrogen and oxygen atoms in total. The second-order valence-electron chi connectivity index (χ2n) is 2.63. The molecule has 0 rings (SSSR count). The van der Waals surface area contributed by atoms with Crippen LogP contribution >= 0.6 is 35.5 Å². The summed E-state index contributed by atoms with van der Waals surface area (Å²) in [4.78, 5) is 0. The van der Waals surface area contributed by atoms with Gasteiger partial charge in [0.1, 0.15) is 0 Å². The normalized spacial score (nSPS) is 8.14. The van der Waals surface area contributed by atoms with Gasteiger partial charge in [-0.2, -0.15) is 0 Å². The first-order valence-corrected chi connectivity index (χ1v) is 26.9. The molecule has 0 fully saturated rings. The first-order chi connectivity index (χ1) is 6.83. The number of rotatable bonds is 6. The van der Waals surface area contributed by atoms with Crippen LogP contribution in [0.25, 0.3) is 0 Å². The Morgan fingerprint density at radius 3 is 1.64 bits per heavy atom. The third-order valence-electron chi connectivity index (χ3n) is 1.56. The van der Waals surface area contributed by atoms with Gasteiger partial charge in [-0.15, -0.1) is 0 Å². The van der Waals surface area contributed by atoms with E-state index >= 15 is 0 Å². The predicted molar refractivity (Wildman–Crippen MR) is 86.3 cm³/mol. The summed E-state index contributed by atoms with van der Waals surface area (Å²) in [7, 11) is 1.50. The minimum atomic E-state index is 0.0233. The molecule has 88 valence electrons. The summed E-state index contributed by atoms with van der Waals surface area (Å²) in [5.41, 5.74) is 9.84. The summed E-state index contributed by atoms with van der Waals surface area (Å²) in [5.74, 6) is 0. The van der Waals surface area contributed by atoms with Crippen LogP contribution in [0.15, 0.2) is 0 Å². The van der Waals surface area contributed by atoms with E-state index in [0.717, 1.165) is 6.54 Å². The van der Waals surface area contributed by atoms with Crippen molar-refractivity contribution in [3.8, 4) is 0 Å². The van der Waals surface area contributed by atoms with Crippen molar-refractivity contribution in [2.45, 2.75) is 45.4 Å². The van der Waals surface area contributed by atoms with E-state index < -0.39 is 0 Å². The standard InChI is InChI=1S/C8H19N.CH5N.2HI.Pb/c1-2-3-4-5-6-7-8-9;1-2;;;/h2-9H2,1H3;2H2,1H3;2*1H;/q;;;;+2/p-2. The van der Waals surface area contributed by atoms with E-state index in [-0.39, 0.29) is 15.6 Å². The van der Waals surface area contributed by atoms with E-state index in [0.29, 0.717) is 0 Å². The monoisotopic (exact) mass is 622 g/mol. The summed E-state index contributed by atoms with van der Waals surface area (Å²) < 4.78 is 0. The van der Waals surface area contributed by atoms with Crippen LogP contribution < -0.4 is 11.5 Å². The van der Waals surface area contributed by atoms with Crippen LogP contribution in [0.1, 0.15) is 45.4 Å². The molecular formula is C9H24I2N2Pb. The molecule has 0 unspecified atom stereocenters. The Bertz CT molecular complexity index is 62.8. The Hall–Kier alpha value is 2.30. The quantitative estimate of drug-likeness (QED) is 0.272. The van der Waals surface area contributed by atoms with E-state index in [9.17, 15) is 0 Å². The molecule has 0 saturated carbocycles. The first kappa shape index (κ1) is 21.6. The third-order valence-corrected chi connectivity index (χ3v) is 1.56. The van der Waals surface area contributed by atoms with E-state index in [2.05, 4.69) is 48.2 Å². The van der Waals surface area contributed by atoms with Crippen molar-refractivity contribution in [1.82, 2.24) is 0 Å². The van der Waals surface area contributed by atoms with Crippen molar-refractivity contribution in [3.63, 3.8) is 0 Å². The molecule has 0 aliphatic heterocycles. The molecule has 5 heteroatoms. The van der Waals surface area contributed by atoms with Gasteiger partial charge in [0.2, 0.25) is 0 Å². The molecule has 0 heterocycles. The van der Waals surface area contributed by atoms with Gasteiger partial charge in [0, 0.05) is 0 Å². The van der Waals surface area contributed by atoms with Gasteiger partial charge >= 0.3 is 51.2 Å². The molecule has 14 heavy (non-hydrogen) atoms. The van der Waals surface area contributed by atoms with Gasteiger partial charge in [-0.05, 0) is 20.0 Å². The zero-order valence-corrected chi connectivity index (χ0v) is 17.6. The van der Waals surface area contributed by atoms with Crippen molar-refractivity contribution in [3.05, 3.63) is 0 Å².